The Labute approximate surface area is 154 Å². The van der Waals surface area contributed by atoms with Gasteiger partial charge in [-0.05, 0) is 49.6 Å². The molecule has 1 amide bonds. The molecule has 3 heterocycles. The number of halogens is 1. The lowest BCUT2D eigenvalue weighted by atomic mass is 10.1. The first-order valence-electron chi connectivity index (χ1n) is 8.27. The topological polar surface area (TPSA) is 58.1 Å². The second-order valence-electron chi connectivity index (χ2n) is 6.03. The number of aromatic nitrogens is 2. The van der Waals surface area contributed by atoms with E-state index in [1.807, 2.05) is 18.2 Å². The van der Waals surface area contributed by atoms with Crippen molar-refractivity contribution < 1.29 is 4.79 Å². The molecule has 25 heavy (non-hydrogen) atoms. The van der Waals surface area contributed by atoms with Crippen molar-refractivity contribution in [1.29, 1.82) is 0 Å². The molecule has 128 valence electrons. The molecule has 1 aromatic carbocycles. The Hall–Kier alpha value is -2.18. The van der Waals surface area contributed by atoms with Crippen molar-refractivity contribution in [2.24, 2.45) is 0 Å². The van der Waals surface area contributed by atoms with Crippen LogP contribution < -0.4 is 10.2 Å². The number of piperidine rings is 1. The zero-order valence-corrected chi connectivity index (χ0v) is 15.1. The van der Waals surface area contributed by atoms with Crippen molar-refractivity contribution in [2.45, 2.75) is 19.3 Å². The summed E-state index contributed by atoms with van der Waals surface area (Å²) in [6, 6.07) is 9.19. The van der Waals surface area contributed by atoms with E-state index in [2.05, 4.69) is 20.2 Å². The van der Waals surface area contributed by atoms with Gasteiger partial charge in [-0.3, -0.25) is 4.79 Å². The molecule has 3 aromatic rings. The lowest BCUT2D eigenvalue weighted by Gasteiger charge is -2.28. The summed E-state index contributed by atoms with van der Waals surface area (Å²) in [5.74, 6) is 0.785. The SMILES string of the molecule is O=C(Nc1ccc2ncnc(N3CCCCC3)c2c1)c1ccc(Cl)s1. The molecule has 1 saturated heterocycles. The van der Waals surface area contributed by atoms with Gasteiger partial charge in [0.2, 0.25) is 0 Å². The van der Waals surface area contributed by atoms with E-state index in [0.717, 1.165) is 35.5 Å². The molecule has 2 aromatic heterocycles. The third-order valence-electron chi connectivity index (χ3n) is 4.32. The Kier molecular flexibility index (Phi) is 4.55. The summed E-state index contributed by atoms with van der Waals surface area (Å²) in [6.45, 7) is 2.02. The highest BCUT2D eigenvalue weighted by molar-refractivity contribution is 7.18. The fourth-order valence-corrected chi connectivity index (χ4v) is 4.05. The molecule has 0 aliphatic carbocycles. The van der Waals surface area contributed by atoms with E-state index in [1.54, 1.807) is 18.5 Å². The van der Waals surface area contributed by atoms with Crippen molar-refractivity contribution in [3.63, 3.8) is 0 Å². The van der Waals surface area contributed by atoms with Crippen LogP contribution in [0.25, 0.3) is 10.9 Å². The molecule has 0 spiro atoms. The van der Waals surface area contributed by atoms with Gasteiger partial charge in [-0.1, -0.05) is 11.6 Å². The van der Waals surface area contributed by atoms with E-state index < -0.39 is 0 Å². The first-order valence-corrected chi connectivity index (χ1v) is 9.46. The number of nitrogens with zero attached hydrogens (tertiary/aromatic N) is 3. The van der Waals surface area contributed by atoms with Crippen LogP contribution in [0.1, 0.15) is 28.9 Å². The highest BCUT2D eigenvalue weighted by Crippen LogP contribution is 2.28. The number of rotatable bonds is 3. The average molecular weight is 373 g/mol. The molecular weight excluding hydrogens is 356 g/mol. The number of fused-ring (bicyclic) bond motifs is 1. The molecular formula is C18H17ClN4OS. The Balaban J connectivity index is 1.65. The maximum Gasteiger partial charge on any atom is 0.265 e. The maximum absolute atomic E-state index is 12.3. The highest BCUT2D eigenvalue weighted by atomic mass is 35.5. The molecule has 1 fully saturated rings. The van der Waals surface area contributed by atoms with Crippen molar-refractivity contribution in [1.82, 2.24) is 9.97 Å². The standard InChI is InChI=1S/C18H17ClN4OS/c19-16-7-6-15(25-16)18(24)22-12-4-5-14-13(10-12)17(21-11-20-14)23-8-2-1-3-9-23/h4-7,10-11H,1-3,8-9H2,(H,22,24). The summed E-state index contributed by atoms with van der Waals surface area (Å²) < 4.78 is 0.601. The summed E-state index contributed by atoms with van der Waals surface area (Å²) in [6.07, 6.45) is 5.24. The minimum Gasteiger partial charge on any atom is -0.356 e. The molecule has 1 aliphatic heterocycles. The van der Waals surface area contributed by atoms with Gasteiger partial charge in [0.25, 0.3) is 5.91 Å². The largest absolute Gasteiger partial charge is 0.356 e. The maximum atomic E-state index is 12.3. The van der Waals surface area contributed by atoms with Crippen LogP contribution in [0.4, 0.5) is 11.5 Å². The number of hydrogen-bond acceptors (Lipinski definition) is 5. The number of amides is 1. The van der Waals surface area contributed by atoms with Crippen molar-refractivity contribution in [2.75, 3.05) is 23.3 Å². The molecule has 1 aliphatic rings. The lowest BCUT2D eigenvalue weighted by Crippen LogP contribution is -2.30. The van der Waals surface area contributed by atoms with Gasteiger partial charge in [0, 0.05) is 24.2 Å². The Morgan fingerprint density at radius 2 is 1.96 bits per heavy atom. The summed E-state index contributed by atoms with van der Waals surface area (Å²) in [7, 11) is 0. The Morgan fingerprint density at radius 3 is 2.72 bits per heavy atom. The number of thiophene rings is 1. The summed E-state index contributed by atoms with van der Waals surface area (Å²) in [5, 5.41) is 3.90. The van der Waals surface area contributed by atoms with E-state index in [0.29, 0.717) is 9.21 Å². The molecule has 0 unspecified atom stereocenters. The van der Waals surface area contributed by atoms with Gasteiger partial charge in [-0.25, -0.2) is 9.97 Å². The fourth-order valence-electron chi connectivity index (χ4n) is 3.11. The van der Waals surface area contributed by atoms with Gasteiger partial charge in [-0.2, -0.15) is 0 Å². The van der Waals surface area contributed by atoms with Gasteiger partial charge in [0.1, 0.15) is 12.1 Å². The summed E-state index contributed by atoms with van der Waals surface area (Å²) >= 11 is 7.17. The quantitative estimate of drug-likeness (QED) is 0.730. The van der Waals surface area contributed by atoms with Crippen LogP contribution >= 0.6 is 22.9 Å². The normalized spacial score (nSPS) is 14.7. The molecule has 1 N–H and O–H groups in total. The molecule has 5 nitrogen and oxygen atoms in total. The third kappa shape index (κ3) is 3.45. The lowest BCUT2D eigenvalue weighted by molar-refractivity contribution is 0.103. The van der Waals surface area contributed by atoms with Crippen LogP contribution in [0.2, 0.25) is 4.34 Å². The fraction of sp³-hybridized carbons (Fsp3) is 0.278. The number of benzene rings is 1. The second-order valence-corrected chi connectivity index (χ2v) is 7.75. The monoisotopic (exact) mass is 372 g/mol. The van der Waals surface area contributed by atoms with E-state index in [-0.39, 0.29) is 5.91 Å². The molecule has 0 saturated carbocycles. The van der Waals surface area contributed by atoms with E-state index >= 15 is 0 Å². The van der Waals surface area contributed by atoms with Gasteiger partial charge in [-0.15, -0.1) is 11.3 Å². The zero-order valence-electron chi connectivity index (χ0n) is 13.5. The number of hydrogen-bond donors (Lipinski definition) is 1. The van der Waals surface area contributed by atoms with Crippen LogP contribution in [-0.2, 0) is 0 Å². The van der Waals surface area contributed by atoms with Crippen molar-refractivity contribution in [3.8, 4) is 0 Å². The van der Waals surface area contributed by atoms with E-state index in [9.17, 15) is 4.79 Å². The Bertz CT molecular complexity index is 920. The first-order chi connectivity index (χ1) is 12.2. The van der Waals surface area contributed by atoms with Crippen molar-refractivity contribution in [3.05, 3.63) is 45.9 Å². The predicted molar refractivity (Wildman–Crippen MR) is 103 cm³/mol. The number of carbonyl (C=O) groups excluding carboxylic acids is 1. The molecule has 0 bridgehead atoms. The minimum atomic E-state index is -0.160. The molecule has 4 rings (SSSR count). The molecule has 7 heteroatoms. The average Bonchev–Trinajstić information content (AvgIpc) is 3.08. The van der Waals surface area contributed by atoms with Gasteiger partial charge in [0.15, 0.2) is 0 Å². The van der Waals surface area contributed by atoms with Crippen molar-refractivity contribution >= 4 is 51.3 Å². The smallest absolute Gasteiger partial charge is 0.265 e. The summed E-state index contributed by atoms with van der Waals surface area (Å²) in [5.41, 5.74) is 1.61. The highest BCUT2D eigenvalue weighted by Gasteiger charge is 2.16. The zero-order chi connectivity index (χ0) is 17.2. The summed E-state index contributed by atoms with van der Waals surface area (Å²) in [4.78, 5) is 24.1. The van der Waals surface area contributed by atoms with Crippen LogP contribution in [-0.4, -0.2) is 29.0 Å². The molecule has 0 radical (unpaired) electrons. The second kappa shape index (κ2) is 6.98. The van der Waals surface area contributed by atoms with Crippen LogP contribution in [0, 0.1) is 0 Å². The predicted octanol–water partition coefficient (Wildman–Crippen LogP) is 4.59. The number of nitrogens with one attached hydrogen (secondary N) is 1. The van der Waals surface area contributed by atoms with Crippen LogP contribution in [0.5, 0.6) is 0 Å². The minimum absolute atomic E-state index is 0.160. The van der Waals surface area contributed by atoms with Crippen LogP contribution in [0.15, 0.2) is 36.7 Å². The van der Waals surface area contributed by atoms with Gasteiger partial charge >= 0.3 is 0 Å². The third-order valence-corrected chi connectivity index (χ3v) is 5.55. The first kappa shape index (κ1) is 16.3. The Morgan fingerprint density at radius 1 is 1.12 bits per heavy atom. The van der Waals surface area contributed by atoms with Gasteiger partial charge in [0.05, 0.1) is 14.7 Å². The van der Waals surface area contributed by atoms with Crippen LogP contribution in [0.3, 0.4) is 0 Å². The number of carbonyl (C=O) groups is 1. The van der Waals surface area contributed by atoms with Gasteiger partial charge < -0.3 is 10.2 Å². The molecule has 0 atom stereocenters. The van der Waals surface area contributed by atoms with E-state index in [1.165, 1.54) is 30.6 Å². The van der Waals surface area contributed by atoms with E-state index in [4.69, 9.17) is 11.6 Å². The number of anilines is 2.